The van der Waals surface area contributed by atoms with E-state index in [1.54, 1.807) is 11.6 Å². The van der Waals surface area contributed by atoms with E-state index in [9.17, 15) is 10.1 Å². The zero-order valence-electron chi connectivity index (χ0n) is 10.4. The Balaban J connectivity index is 2.85. The molecule has 0 bridgehead atoms. The Kier molecular flexibility index (Phi) is 4.45. The Bertz CT molecular complexity index is 388. The molecule has 0 saturated heterocycles. The van der Waals surface area contributed by atoms with E-state index in [0.29, 0.717) is 18.3 Å². The van der Waals surface area contributed by atoms with Gasteiger partial charge < -0.3 is 21.2 Å². The number of rotatable bonds is 6. The molecule has 1 rings (SSSR count). The lowest BCUT2D eigenvalue weighted by molar-refractivity contribution is -0.388. The van der Waals surface area contributed by atoms with E-state index in [1.165, 1.54) is 6.33 Å². The SMILES string of the molecule is CC(C)CC(CN)Nc1c([N+](=O)[O-])ncn1C. The van der Waals surface area contributed by atoms with Crippen molar-refractivity contribution >= 4 is 11.6 Å². The topological polar surface area (TPSA) is 99.0 Å². The zero-order chi connectivity index (χ0) is 13.0. The summed E-state index contributed by atoms with van der Waals surface area (Å²) < 4.78 is 1.60. The van der Waals surface area contributed by atoms with Crippen LogP contribution in [0.3, 0.4) is 0 Å². The maximum absolute atomic E-state index is 10.8. The van der Waals surface area contributed by atoms with Crippen LogP contribution in [0, 0.1) is 16.0 Å². The van der Waals surface area contributed by atoms with Gasteiger partial charge in [-0.05, 0) is 22.2 Å². The van der Waals surface area contributed by atoms with Crippen LogP contribution in [0.25, 0.3) is 0 Å². The van der Waals surface area contributed by atoms with Crippen LogP contribution in [0.15, 0.2) is 6.33 Å². The van der Waals surface area contributed by atoms with E-state index >= 15 is 0 Å². The Labute approximate surface area is 100 Å². The number of aryl methyl sites for hydroxylation is 1. The van der Waals surface area contributed by atoms with E-state index in [2.05, 4.69) is 24.1 Å². The second-order valence-corrected chi connectivity index (χ2v) is 4.49. The zero-order valence-corrected chi connectivity index (χ0v) is 10.4. The van der Waals surface area contributed by atoms with Crippen LogP contribution < -0.4 is 11.1 Å². The number of imidazole rings is 1. The molecular formula is C10H19N5O2. The van der Waals surface area contributed by atoms with Crippen molar-refractivity contribution in [2.45, 2.75) is 26.3 Å². The molecule has 0 aliphatic rings. The van der Waals surface area contributed by atoms with E-state index in [0.717, 1.165) is 6.42 Å². The second-order valence-electron chi connectivity index (χ2n) is 4.49. The molecule has 3 N–H and O–H groups in total. The Morgan fingerprint density at radius 2 is 2.29 bits per heavy atom. The first-order chi connectivity index (χ1) is 7.95. The molecule has 96 valence electrons. The molecule has 17 heavy (non-hydrogen) atoms. The number of hydrogen-bond acceptors (Lipinski definition) is 5. The van der Waals surface area contributed by atoms with E-state index in [1.807, 2.05) is 0 Å². The lowest BCUT2D eigenvalue weighted by atomic mass is 10.0. The Morgan fingerprint density at radius 3 is 2.76 bits per heavy atom. The van der Waals surface area contributed by atoms with Gasteiger partial charge in [0.2, 0.25) is 12.1 Å². The largest absolute Gasteiger partial charge is 0.406 e. The minimum Gasteiger partial charge on any atom is -0.360 e. The summed E-state index contributed by atoms with van der Waals surface area (Å²) in [5, 5.41) is 13.9. The smallest absolute Gasteiger partial charge is 0.360 e. The molecule has 1 aromatic rings. The number of nitrogens with zero attached hydrogens (tertiary/aromatic N) is 3. The number of aromatic nitrogens is 2. The summed E-state index contributed by atoms with van der Waals surface area (Å²) in [6, 6.07) is 0.0177. The summed E-state index contributed by atoms with van der Waals surface area (Å²) in [5.74, 6) is 0.726. The van der Waals surface area contributed by atoms with Gasteiger partial charge in [-0.15, -0.1) is 0 Å². The van der Waals surface area contributed by atoms with Crippen molar-refractivity contribution in [3.63, 3.8) is 0 Å². The summed E-state index contributed by atoms with van der Waals surface area (Å²) in [4.78, 5) is 14.0. The van der Waals surface area contributed by atoms with Gasteiger partial charge in [0.25, 0.3) is 0 Å². The van der Waals surface area contributed by atoms with Crippen molar-refractivity contribution in [3.05, 3.63) is 16.4 Å². The molecule has 0 radical (unpaired) electrons. The third kappa shape index (κ3) is 3.42. The van der Waals surface area contributed by atoms with Crippen molar-refractivity contribution in [3.8, 4) is 0 Å². The van der Waals surface area contributed by atoms with Crippen molar-refractivity contribution in [2.24, 2.45) is 18.7 Å². The fourth-order valence-electron chi connectivity index (χ4n) is 1.69. The van der Waals surface area contributed by atoms with Crippen LogP contribution in [0.5, 0.6) is 0 Å². The van der Waals surface area contributed by atoms with Gasteiger partial charge in [0.05, 0.1) is 0 Å². The van der Waals surface area contributed by atoms with Gasteiger partial charge in [0.15, 0.2) is 0 Å². The van der Waals surface area contributed by atoms with Gasteiger partial charge in [-0.3, -0.25) is 4.57 Å². The van der Waals surface area contributed by atoms with Gasteiger partial charge in [-0.2, -0.15) is 0 Å². The molecule has 1 unspecified atom stereocenters. The van der Waals surface area contributed by atoms with E-state index in [-0.39, 0.29) is 11.9 Å². The predicted octanol–water partition coefficient (Wildman–Crippen LogP) is 1.11. The predicted molar refractivity (Wildman–Crippen MR) is 65.8 cm³/mol. The third-order valence-electron chi connectivity index (χ3n) is 2.47. The first-order valence-corrected chi connectivity index (χ1v) is 5.58. The third-order valence-corrected chi connectivity index (χ3v) is 2.47. The van der Waals surface area contributed by atoms with Crippen LogP contribution >= 0.6 is 0 Å². The minimum absolute atomic E-state index is 0.0177. The number of nitrogens with two attached hydrogens (primary N) is 1. The van der Waals surface area contributed by atoms with Crippen LogP contribution in [-0.2, 0) is 7.05 Å². The molecule has 0 aliphatic carbocycles. The van der Waals surface area contributed by atoms with Gasteiger partial charge in [-0.1, -0.05) is 13.8 Å². The standard InChI is InChI=1S/C10H19N5O2/c1-7(2)4-8(5-11)13-10-9(15(16)17)12-6-14(10)3/h6-8,13H,4-5,11H2,1-3H3. The van der Waals surface area contributed by atoms with Crippen molar-refractivity contribution in [2.75, 3.05) is 11.9 Å². The lowest BCUT2D eigenvalue weighted by Crippen LogP contribution is -2.31. The fourth-order valence-corrected chi connectivity index (χ4v) is 1.69. The van der Waals surface area contributed by atoms with Gasteiger partial charge in [0, 0.05) is 19.6 Å². The first-order valence-electron chi connectivity index (χ1n) is 5.58. The summed E-state index contributed by atoms with van der Waals surface area (Å²) >= 11 is 0. The monoisotopic (exact) mass is 241 g/mol. The second kappa shape index (κ2) is 5.62. The van der Waals surface area contributed by atoms with Crippen molar-refractivity contribution < 1.29 is 4.92 Å². The number of hydrogen-bond donors (Lipinski definition) is 2. The highest BCUT2D eigenvalue weighted by molar-refractivity contribution is 5.52. The van der Waals surface area contributed by atoms with E-state index < -0.39 is 4.92 Å². The molecular weight excluding hydrogens is 222 g/mol. The average Bonchev–Trinajstić information content (AvgIpc) is 2.59. The van der Waals surface area contributed by atoms with E-state index in [4.69, 9.17) is 5.73 Å². The van der Waals surface area contributed by atoms with Gasteiger partial charge >= 0.3 is 5.82 Å². The lowest BCUT2D eigenvalue weighted by Gasteiger charge is -2.19. The molecule has 7 heteroatoms. The minimum atomic E-state index is -0.495. The first kappa shape index (κ1) is 13.4. The molecule has 0 spiro atoms. The quantitative estimate of drug-likeness (QED) is 0.574. The maximum atomic E-state index is 10.8. The number of anilines is 1. The van der Waals surface area contributed by atoms with Crippen molar-refractivity contribution in [1.29, 1.82) is 0 Å². The average molecular weight is 241 g/mol. The summed E-state index contributed by atoms with van der Waals surface area (Å²) in [7, 11) is 1.71. The Hall–Kier alpha value is -1.63. The molecule has 1 aromatic heterocycles. The van der Waals surface area contributed by atoms with Crippen LogP contribution in [0.2, 0.25) is 0 Å². The molecule has 0 aliphatic heterocycles. The van der Waals surface area contributed by atoms with Gasteiger partial charge in [-0.25, -0.2) is 0 Å². The molecule has 0 aromatic carbocycles. The summed E-state index contributed by atoms with van der Waals surface area (Å²) in [6.07, 6.45) is 2.28. The van der Waals surface area contributed by atoms with Crippen molar-refractivity contribution in [1.82, 2.24) is 9.55 Å². The summed E-state index contributed by atoms with van der Waals surface area (Å²) in [5.41, 5.74) is 5.65. The Morgan fingerprint density at radius 1 is 1.65 bits per heavy atom. The van der Waals surface area contributed by atoms with Gasteiger partial charge in [0.1, 0.15) is 0 Å². The van der Waals surface area contributed by atoms with Crippen LogP contribution in [0.1, 0.15) is 20.3 Å². The summed E-state index contributed by atoms with van der Waals surface area (Å²) in [6.45, 7) is 4.60. The fraction of sp³-hybridized carbons (Fsp3) is 0.700. The highest BCUT2D eigenvalue weighted by Crippen LogP contribution is 2.22. The molecule has 1 atom stereocenters. The van der Waals surface area contributed by atoms with Crippen LogP contribution in [-0.4, -0.2) is 27.1 Å². The number of nitro groups is 1. The molecule has 0 amide bonds. The molecule has 7 nitrogen and oxygen atoms in total. The highest BCUT2D eigenvalue weighted by Gasteiger charge is 2.22. The molecule has 0 saturated carbocycles. The highest BCUT2D eigenvalue weighted by atomic mass is 16.6. The number of nitrogens with one attached hydrogen (secondary N) is 1. The molecule has 0 fully saturated rings. The maximum Gasteiger partial charge on any atom is 0.406 e. The molecule has 1 heterocycles. The van der Waals surface area contributed by atoms with Crippen LogP contribution in [0.4, 0.5) is 11.6 Å². The normalized spacial score (nSPS) is 12.8.